The number of aliphatic hydroxyl groups is 1. The Bertz CT molecular complexity index is 428. The van der Waals surface area contributed by atoms with Gasteiger partial charge in [-0.25, -0.2) is 0 Å². The molecule has 82 valence electrons. The van der Waals surface area contributed by atoms with Crippen LogP contribution in [0.15, 0.2) is 36.1 Å². The lowest BCUT2D eigenvalue weighted by Gasteiger charge is -2.19. The third kappa shape index (κ3) is 2.23. The second-order valence-corrected chi connectivity index (χ2v) is 3.80. The van der Waals surface area contributed by atoms with Crippen LogP contribution in [-0.4, -0.2) is 11.7 Å². The number of nitrogens with zero attached hydrogens (tertiary/aromatic N) is 1. The highest BCUT2D eigenvalue weighted by Crippen LogP contribution is 2.27. The lowest BCUT2D eigenvalue weighted by Crippen LogP contribution is -2.07. The predicted octanol–water partition coefficient (Wildman–Crippen LogP) is 2.29. The van der Waals surface area contributed by atoms with Gasteiger partial charge in [0.2, 0.25) is 0 Å². The maximum absolute atomic E-state index is 10.1. The van der Waals surface area contributed by atoms with Gasteiger partial charge in [-0.3, -0.25) is 0 Å². The van der Waals surface area contributed by atoms with E-state index in [1.807, 2.05) is 0 Å². The first kappa shape index (κ1) is 10.7. The van der Waals surface area contributed by atoms with Gasteiger partial charge in [0.1, 0.15) is 6.10 Å². The maximum atomic E-state index is 10.1. The largest absolute Gasteiger partial charge is 0.501 e. The molecule has 1 aliphatic heterocycles. The van der Waals surface area contributed by atoms with Crippen molar-refractivity contribution in [3.63, 3.8) is 0 Å². The minimum atomic E-state index is -0.618. The summed E-state index contributed by atoms with van der Waals surface area (Å²) in [6, 6.07) is 9.03. The van der Waals surface area contributed by atoms with E-state index in [9.17, 15) is 5.11 Å². The van der Waals surface area contributed by atoms with Crippen LogP contribution in [0.1, 0.15) is 30.1 Å². The van der Waals surface area contributed by atoms with E-state index >= 15 is 0 Å². The van der Waals surface area contributed by atoms with Crippen molar-refractivity contribution in [1.82, 2.24) is 0 Å². The SMILES string of the molecule is N#Cc1ccc(C(O)C2=COCCC2)cc1. The fourth-order valence-electron chi connectivity index (χ4n) is 1.74. The molecule has 0 aromatic heterocycles. The average Bonchev–Trinajstić information content (AvgIpc) is 2.39. The summed E-state index contributed by atoms with van der Waals surface area (Å²) < 4.78 is 5.20. The van der Waals surface area contributed by atoms with Crippen molar-refractivity contribution in [2.24, 2.45) is 0 Å². The number of hydrogen-bond donors (Lipinski definition) is 1. The van der Waals surface area contributed by atoms with Gasteiger partial charge in [0, 0.05) is 0 Å². The third-order valence-corrected chi connectivity index (χ3v) is 2.67. The van der Waals surface area contributed by atoms with Crippen LogP contribution in [0.2, 0.25) is 0 Å². The standard InChI is InChI=1S/C13H13NO2/c14-8-10-3-5-11(6-4-10)13(15)12-2-1-7-16-9-12/h3-6,9,13,15H,1-2,7H2. The Kier molecular flexibility index (Phi) is 3.23. The molecule has 3 heteroatoms. The summed E-state index contributed by atoms with van der Waals surface area (Å²) >= 11 is 0. The zero-order valence-corrected chi connectivity index (χ0v) is 8.89. The van der Waals surface area contributed by atoms with E-state index in [-0.39, 0.29) is 0 Å². The van der Waals surface area contributed by atoms with Gasteiger partial charge >= 0.3 is 0 Å². The van der Waals surface area contributed by atoms with E-state index in [2.05, 4.69) is 6.07 Å². The Labute approximate surface area is 94.6 Å². The van der Waals surface area contributed by atoms with E-state index in [0.29, 0.717) is 5.56 Å². The molecular formula is C13H13NO2. The number of rotatable bonds is 2. The second kappa shape index (κ2) is 4.82. The number of hydrogen-bond acceptors (Lipinski definition) is 3. The molecule has 0 saturated carbocycles. The fraction of sp³-hybridized carbons (Fsp3) is 0.308. The molecule has 1 aromatic rings. The molecule has 1 unspecified atom stereocenters. The van der Waals surface area contributed by atoms with Crippen LogP contribution in [-0.2, 0) is 4.74 Å². The molecule has 0 spiro atoms. The first-order valence-corrected chi connectivity index (χ1v) is 5.30. The lowest BCUT2D eigenvalue weighted by molar-refractivity contribution is 0.170. The Hall–Kier alpha value is -1.79. The topological polar surface area (TPSA) is 53.2 Å². The number of aliphatic hydroxyl groups excluding tert-OH is 1. The molecule has 1 atom stereocenters. The Morgan fingerprint density at radius 3 is 2.62 bits per heavy atom. The van der Waals surface area contributed by atoms with Crippen LogP contribution < -0.4 is 0 Å². The van der Waals surface area contributed by atoms with Gasteiger partial charge in [0.15, 0.2) is 0 Å². The zero-order valence-electron chi connectivity index (χ0n) is 8.89. The van der Waals surface area contributed by atoms with Crippen molar-refractivity contribution >= 4 is 0 Å². The summed E-state index contributed by atoms with van der Waals surface area (Å²) in [6.45, 7) is 0.726. The predicted molar refractivity (Wildman–Crippen MR) is 59.4 cm³/mol. The molecule has 3 nitrogen and oxygen atoms in total. The highest BCUT2D eigenvalue weighted by molar-refractivity contribution is 5.34. The van der Waals surface area contributed by atoms with Gasteiger partial charge in [-0.05, 0) is 36.1 Å². The highest BCUT2D eigenvalue weighted by atomic mass is 16.5. The first-order valence-electron chi connectivity index (χ1n) is 5.30. The maximum Gasteiger partial charge on any atom is 0.103 e. The van der Waals surface area contributed by atoms with E-state index in [0.717, 1.165) is 30.6 Å². The monoisotopic (exact) mass is 215 g/mol. The number of ether oxygens (including phenoxy) is 1. The van der Waals surface area contributed by atoms with Gasteiger partial charge in [0.25, 0.3) is 0 Å². The summed E-state index contributed by atoms with van der Waals surface area (Å²) in [5.41, 5.74) is 2.30. The van der Waals surface area contributed by atoms with E-state index in [1.54, 1.807) is 30.5 Å². The Balaban J connectivity index is 2.17. The van der Waals surface area contributed by atoms with Crippen molar-refractivity contribution in [1.29, 1.82) is 5.26 Å². The Morgan fingerprint density at radius 2 is 2.06 bits per heavy atom. The summed E-state index contributed by atoms with van der Waals surface area (Å²) in [7, 11) is 0. The minimum Gasteiger partial charge on any atom is -0.501 e. The molecular weight excluding hydrogens is 202 g/mol. The second-order valence-electron chi connectivity index (χ2n) is 3.80. The summed E-state index contributed by atoms with van der Waals surface area (Å²) in [5, 5.41) is 18.7. The molecule has 0 saturated heterocycles. The molecule has 1 aliphatic rings. The van der Waals surface area contributed by atoms with Crippen LogP contribution in [0.5, 0.6) is 0 Å². The van der Waals surface area contributed by atoms with Crippen LogP contribution in [0, 0.1) is 11.3 Å². The molecule has 0 aliphatic carbocycles. The van der Waals surface area contributed by atoms with Crippen molar-refractivity contribution in [3.05, 3.63) is 47.2 Å². The smallest absolute Gasteiger partial charge is 0.103 e. The lowest BCUT2D eigenvalue weighted by atomic mass is 9.97. The number of benzene rings is 1. The first-order chi connectivity index (χ1) is 7.81. The van der Waals surface area contributed by atoms with Crippen LogP contribution in [0.25, 0.3) is 0 Å². The van der Waals surface area contributed by atoms with E-state index in [1.165, 1.54) is 0 Å². The molecule has 1 heterocycles. The van der Waals surface area contributed by atoms with E-state index in [4.69, 9.17) is 10.00 Å². The normalized spacial score (nSPS) is 16.9. The van der Waals surface area contributed by atoms with Crippen molar-refractivity contribution in [2.45, 2.75) is 18.9 Å². The average molecular weight is 215 g/mol. The van der Waals surface area contributed by atoms with Gasteiger partial charge in [-0.1, -0.05) is 12.1 Å². The molecule has 0 fully saturated rings. The van der Waals surface area contributed by atoms with Crippen molar-refractivity contribution in [2.75, 3.05) is 6.61 Å². The molecule has 16 heavy (non-hydrogen) atoms. The van der Waals surface area contributed by atoms with Gasteiger partial charge in [0.05, 0.1) is 24.5 Å². The molecule has 1 aromatic carbocycles. The summed E-state index contributed by atoms with van der Waals surface area (Å²) in [4.78, 5) is 0. The van der Waals surface area contributed by atoms with Crippen molar-refractivity contribution in [3.8, 4) is 6.07 Å². The van der Waals surface area contributed by atoms with Crippen LogP contribution in [0.4, 0.5) is 0 Å². The summed E-state index contributed by atoms with van der Waals surface area (Å²) in [6.07, 6.45) is 2.83. The van der Waals surface area contributed by atoms with Gasteiger partial charge in [-0.15, -0.1) is 0 Å². The van der Waals surface area contributed by atoms with E-state index < -0.39 is 6.10 Å². The zero-order chi connectivity index (χ0) is 11.4. The fourth-order valence-corrected chi connectivity index (χ4v) is 1.74. The minimum absolute atomic E-state index is 0.602. The molecule has 0 bridgehead atoms. The highest BCUT2D eigenvalue weighted by Gasteiger charge is 2.15. The van der Waals surface area contributed by atoms with Gasteiger partial charge < -0.3 is 9.84 Å². The van der Waals surface area contributed by atoms with Crippen molar-refractivity contribution < 1.29 is 9.84 Å². The molecule has 1 N–H and O–H groups in total. The number of nitriles is 1. The summed E-state index contributed by atoms with van der Waals surface area (Å²) in [5.74, 6) is 0. The van der Waals surface area contributed by atoms with Crippen LogP contribution >= 0.6 is 0 Å². The van der Waals surface area contributed by atoms with Gasteiger partial charge in [-0.2, -0.15) is 5.26 Å². The molecule has 2 rings (SSSR count). The Morgan fingerprint density at radius 1 is 1.31 bits per heavy atom. The molecule has 0 radical (unpaired) electrons. The van der Waals surface area contributed by atoms with Crippen LogP contribution in [0.3, 0.4) is 0 Å². The molecule has 0 amide bonds. The third-order valence-electron chi connectivity index (χ3n) is 2.67. The quantitative estimate of drug-likeness (QED) is 0.823.